The topological polar surface area (TPSA) is 25.8 Å². The normalized spacial score (nSPS) is 13.7. The molecule has 3 heteroatoms. The average Bonchev–Trinajstić information content (AvgIpc) is 2.65. The van der Waals surface area contributed by atoms with Crippen LogP contribution < -0.4 is 10.1 Å². The van der Waals surface area contributed by atoms with E-state index in [1.54, 1.807) is 0 Å². The smallest absolute Gasteiger partial charge is 0.119 e. The van der Waals surface area contributed by atoms with Crippen molar-refractivity contribution in [1.82, 2.24) is 0 Å². The van der Waals surface area contributed by atoms with Crippen molar-refractivity contribution >= 4 is 11.6 Å². The molecule has 0 spiro atoms. The maximum absolute atomic E-state index is 6.01. The molecular formula is C25H37ClNO+. The molecular weight excluding hydrogens is 366 g/mol. The summed E-state index contributed by atoms with van der Waals surface area (Å²) in [6, 6.07) is 17.4. The molecule has 0 aliphatic rings. The van der Waals surface area contributed by atoms with Crippen molar-refractivity contribution in [3.8, 4) is 5.75 Å². The fraction of sp³-hybridized carbons (Fsp3) is 0.520. The minimum absolute atomic E-state index is 0.214. The first-order valence-electron chi connectivity index (χ1n) is 10.7. The Hall–Kier alpha value is -1.51. The second kappa shape index (κ2) is 11.5. The second-order valence-electron chi connectivity index (χ2n) is 8.56. The number of nitrogens with two attached hydrogens (primary N) is 1. The van der Waals surface area contributed by atoms with Crippen LogP contribution in [0.2, 0.25) is 5.02 Å². The highest BCUT2D eigenvalue weighted by molar-refractivity contribution is 6.30. The van der Waals surface area contributed by atoms with Crippen LogP contribution in [0.5, 0.6) is 5.75 Å². The van der Waals surface area contributed by atoms with Gasteiger partial charge in [-0.15, -0.1) is 0 Å². The average molecular weight is 403 g/mol. The Morgan fingerprint density at radius 2 is 1.39 bits per heavy atom. The highest BCUT2D eigenvalue weighted by Crippen LogP contribution is 2.28. The number of quaternary nitrogens is 1. The van der Waals surface area contributed by atoms with Crippen molar-refractivity contribution in [3.05, 3.63) is 64.7 Å². The molecule has 0 aromatic heterocycles. The highest BCUT2D eigenvalue weighted by atomic mass is 35.5. The lowest BCUT2D eigenvalue weighted by atomic mass is 9.88. The molecule has 0 aliphatic heterocycles. The monoisotopic (exact) mass is 402 g/mol. The number of halogens is 1. The Kier molecular flexibility index (Phi) is 9.34. The van der Waals surface area contributed by atoms with E-state index in [1.165, 1.54) is 30.4 Å². The van der Waals surface area contributed by atoms with Gasteiger partial charge in [-0.1, -0.05) is 56.1 Å². The number of benzene rings is 2. The molecule has 0 saturated heterocycles. The van der Waals surface area contributed by atoms with Crippen LogP contribution in [-0.4, -0.2) is 12.6 Å². The van der Waals surface area contributed by atoms with Crippen LogP contribution in [-0.2, 0) is 0 Å². The lowest BCUT2D eigenvalue weighted by Crippen LogP contribution is -2.84. The van der Waals surface area contributed by atoms with Crippen LogP contribution in [0.1, 0.15) is 77.0 Å². The molecule has 0 radical (unpaired) electrons. The largest absolute Gasteiger partial charge is 0.491 e. The molecule has 0 saturated carbocycles. The van der Waals surface area contributed by atoms with Gasteiger partial charge in [-0.2, -0.15) is 0 Å². The fourth-order valence-electron chi connectivity index (χ4n) is 3.55. The Morgan fingerprint density at radius 1 is 0.786 bits per heavy atom. The van der Waals surface area contributed by atoms with E-state index < -0.39 is 0 Å². The van der Waals surface area contributed by atoms with E-state index in [0.29, 0.717) is 12.0 Å². The van der Waals surface area contributed by atoms with E-state index >= 15 is 0 Å². The lowest BCUT2D eigenvalue weighted by molar-refractivity contribution is -0.693. The van der Waals surface area contributed by atoms with E-state index in [1.807, 2.05) is 12.1 Å². The Labute approximate surface area is 176 Å². The zero-order valence-electron chi connectivity index (χ0n) is 18.1. The molecule has 0 unspecified atom stereocenters. The van der Waals surface area contributed by atoms with Gasteiger partial charge in [-0.3, -0.25) is 0 Å². The third-order valence-electron chi connectivity index (χ3n) is 5.25. The fourth-order valence-corrected chi connectivity index (χ4v) is 3.68. The summed E-state index contributed by atoms with van der Waals surface area (Å²) < 4.78 is 5.80. The predicted molar refractivity (Wildman–Crippen MR) is 120 cm³/mol. The van der Waals surface area contributed by atoms with Gasteiger partial charge in [-0.25, -0.2) is 0 Å². The second-order valence-corrected chi connectivity index (χ2v) is 8.99. The third kappa shape index (κ3) is 7.85. The summed E-state index contributed by atoms with van der Waals surface area (Å²) >= 11 is 6.01. The van der Waals surface area contributed by atoms with Crippen molar-refractivity contribution in [2.75, 3.05) is 6.54 Å². The van der Waals surface area contributed by atoms with Crippen LogP contribution >= 0.6 is 11.6 Å². The minimum Gasteiger partial charge on any atom is -0.491 e. The maximum Gasteiger partial charge on any atom is 0.119 e. The molecule has 2 rings (SSSR count). The van der Waals surface area contributed by atoms with Crippen LogP contribution in [0.15, 0.2) is 48.5 Å². The summed E-state index contributed by atoms with van der Waals surface area (Å²) in [7, 11) is 0. The molecule has 2 aromatic rings. The van der Waals surface area contributed by atoms with Gasteiger partial charge in [0, 0.05) is 17.0 Å². The number of ether oxygens (including phenoxy) is 1. The van der Waals surface area contributed by atoms with Crippen molar-refractivity contribution in [2.24, 2.45) is 5.92 Å². The summed E-state index contributed by atoms with van der Waals surface area (Å²) in [6.07, 6.45) is 3.91. The zero-order valence-corrected chi connectivity index (χ0v) is 18.9. The molecule has 2 atom stereocenters. The molecule has 2 N–H and O–H groups in total. The first-order chi connectivity index (χ1) is 13.3. The van der Waals surface area contributed by atoms with Crippen molar-refractivity contribution in [3.63, 3.8) is 0 Å². The minimum atomic E-state index is 0.214. The number of rotatable bonds is 11. The first kappa shape index (κ1) is 22.8. The van der Waals surface area contributed by atoms with Gasteiger partial charge >= 0.3 is 0 Å². The van der Waals surface area contributed by atoms with E-state index in [0.717, 1.165) is 23.2 Å². The number of hydrogen-bond donors (Lipinski definition) is 1. The quantitative estimate of drug-likeness (QED) is 0.464. The summed E-state index contributed by atoms with van der Waals surface area (Å²) in [5.41, 5.74) is 2.77. The molecule has 2 nitrogen and oxygen atoms in total. The first-order valence-corrected chi connectivity index (χ1v) is 11.1. The highest BCUT2D eigenvalue weighted by Gasteiger charge is 2.15. The number of hydrogen-bond acceptors (Lipinski definition) is 1. The lowest BCUT2D eigenvalue weighted by Gasteiger charge is -2.20. The Bertz CT molecular complexity index is 679. The Balaban J connectivity index is 1.95. The summed E-state index contributed by atoms with van der Waals surface area (Å²) in [6.45, 7) is 12.1. The summed E-state index contributed by atoms with van der Waals surface area (Å²) in [4.78, 5) is 0. The van der Waals surface area contributed by atoms with Crippen molar-refractivity contribution in [1.29, 1.82) is 0 Å². The van der Waals surface area contributed by atoms with Crippen LogP contribution in [0.3, 0.4) is 0 Å². The van der Waals surface area contributed by atoms with E-state index in [9.17, 15) is 0 Å². The summed E-state index contributed by atoms with van der Waals surface area (Å²) in [5.74, 6) is 2.30. The predicted octanol–water partition coefficient (Wildman–Crippen LogP) is 6.36. The molecule has 28 heavy (non-hydrogen) atoms. The third-order valence-corrected chi connectivity index (χ3v) is 5.50. The van der Waals surface area contributed by atoms with Crippen LogP contribution in [0, 0.1) is 5.92 Å². The van der Waals surface area contributed by atoms with Gasteiger partial charge in [-0.05, 0) is 68.9 Å². The zero-order chi connectivity index (χ0) is 20.5. The van der Waals surface area contributed by atoms with E-state index in [4.69, 9.17) is 16.3 Å². The van der Waals surface area contributed by atoms with Gasteiger partial charge in [0.05, 0.1) is 12.6 Å². The van der Waals surface area contributed by atoms with Crippen LogP contribution in [0.25, 0.3) is 0 Å². The molecule has 0 fully saturated rings. The molecule has 2 aromatic carbocycles. The maximum atomic E-state index is 6.01. The molecule has 0 bridgehead atoms. The van der Waals surface area contributed by atoms with Gasteiger partial charge in [0.2, 0.25) is 0 Å². The standard InChI is InChI=1S/C25H36ClNO/c1-18(2)6-7-23(22-10-14-25(15-11-22)28-19(3)4)16-17-27-20(5)21-8-12-24(26)13-9-21/h8-15,18-20,23,27H,6-7,16-17H2,1-5H3/p+1/t20-,23-/m0/s1. The molecule has 154 valence electrons. The van der Waals surface area contributed by atoms with Crippen LogP contribution in [0.4, 0.5) is 0 Å². The summed E-state index contributed by atoms with van der Waals surface area (Å²) in [5, 5.41) is 3.25. The van der Waals surface area contributed by atoms with Gasteiger partial charge in [0.25, 0.3) is 0 Å². The van der Waals surface area contributed by atoms with Gasteiger partial charge in [0.15, 0.2) is 0 Å². The van der Waals surface area contributed by atoms with E-state index in [2.05, 4.69) is 76.3 Å². The molecule has 0 heterocycles. The van der Waals surface area contributed by atoms with Gasteiger partial charge < -0.3 is 10.1 Å². The van der Waals surface area contributed by atoms with Crippen molar-refractivity contribution in [2.45, 2.75) is 71.9 Å². The van der Waals surface area contributed by atoms with Gasteiger partial charge in [0.1, 0.15) is 11.8 Å². The SMILES string of the molecule is CC(C)CC[C@@H](CC[NH2+][C@@H](C)c1ccc(Cl)cc1)c1ccc(OC(C)C)cc1. The Morgan fingerprint density at radius 3 is 1.96 bits per heavy atom. The van der Waals surface area contributed by atoms with E-state index in [-0.39, 0.29) is 6.10 Å². The molecule has 0 aliphatic carbocycles. The van der Waals surface area contributed by atoms with Crippen molar-refractivity contribution < 1.29 is 10.1 Å². The molecule has 0 amide bonds.